The van der Waals surface area contributed by atoms with Gasteiger partial charge >= 0.3 is 0 Å². The number of nitrogens with two attached hydrogens (primary N) is 1. The molecule has 20 heavy (non-hydrogen) atoms. The van der Waals surface area contributed by atoms with Crippen molar-refractivity contribution >= 4 is 5.91 Å². The highest BCUT2D eigenvalue weighted by Gasteiger charge is 2.33. The second kappa shape index (κ2) is 6.90. The molecule has 2 rings (SSSR count). The molecule has 0 aliphatic heterocycles. The van der Waals surface area contributed by atoms with E-state index in [0.29, 0.717) is 18.4 Å². The van der Waals surface area contributed by atoms with Gasteiger partial charge in [0.2, 0.25) is 5.91 Å². The van der Waals surface area contributed by atoms with E-state index in [0.717, 1.165) is 57.9 Å². The fourth-order valence-electron chi connectivity index (χ4n) is 3.53. The van der Waals surface area contributed by atoms with E-state index in [-0.39, 0.29) is 11.8 Å². The van der Waals surface area contributed by atoms with E-state index in [2.05, 4.69) is 12.2 Å². The van der Waals surface area contributed by atoms with Crippen LogP contribution in [0.3, 0.4) is 0 Å². The maximum atomic E-state index is 12.2. The minimum absolute atomic E-state index is 0.129. The van der Waals surface area contributed by atoms with Crippen molar-refractivity contribution in [2.75, 3.05) is 13.1 Å². The van der Waals surface area contributed by atoms with Crippen LogP contribution in [0.4, 0.5) is 0 Å². The highest BCUT2D eigenvalue weighted by molar-refractivity contribution is 5.78. The molecule has 116 valence electrons. The van der Waals surface area contributed by atoms with Gasteiger partial charge in [0.15, 0.2) is 0 Å². The van der Waals surface area contributed by atoms with Crippen molar-refractivity contribution in [3.05, 3.63) is 0 Å². The molecule has 0 saturated heterocycles. The van der Waals surface area contributed by atoms with Gasteiger partial charge in [-0.3, -0.25) is 4.79 Å². The molecule has 2 aliphatic rings. The van der Waals surface area contributed by atoms with Gasteiger partial charge in [-0.2, -0.15) is 0 Å². The molecule has 1 amide bonds. The van der Waals surface area contributed by atoms with Gasteiger partial charge in [-0.1, -0.05) is 6.92 Å². The molecule has 0 radical (unpaired) electrons. The fourth-order valence-corrected chi connectivity index (χ4v) is 3.53. The summed E-state index contributed by atoms with van der Waals surface area (Å²) in [5.41, 5.74) is 5.01. The molecule has 0 atom stereocenters. The molecule has 0 bridgehead atoms. The molecule has 0 spiro atoms. The van der Waals surface area contributed by atoms with Gasteiger partial charge in [-0.25, -0.2) is 0 Å². The van der Waals surface area contributed by atoms with E-state index in [4.69, 9.17) is 5.73 Å². The Morgan fingerprint density at radius 2 is 1.80 bits per heavy atom. The van der Waals surface area contributed by atoms with Crippen LogP contribution in [0.2, 0.25) is 0 Å². The zero-order valence-corrected chi connectivity index (χ0v) is 12.7. The maximum absolute atomic E-state index is 12.2. The minimum atomic E-state index is -0.670. The number of aliphatic hydroxyl groups is 1. The average molecular weight is 282 g/mol. The van der Waals surface area contributed by atoms with Crippen LogP contribution in [0.25, 0.3) is 0 Å². The smallest absolute Gasteiger partial charge is 0.223 e. The van der Waals surface area contributed by atoms with Crippen molar-refractivity contribution in [1.29, 1.82) is 0 Å². The first-order valence-corrected chi connectivity index (χ1v) is 8.22. The Labute approximate surface area is 122 Å². The maximum Gasteiger partial charge on any atom is 0.223 e. The van der Waals surface area contributed by atoms with Gasteiger partial charge in [-0.15, -0.1) is 0 Å². The normalized spacial score (nSPS) is 38.5. The predicted octanol–water partition coefficient (Wildman–Crippen LogP) is 1.81. The van der Waals surface area contributed by atoms with Crippen LogP contribution in [0.1, 0.15) is 58.3 Å². The first-order valence-electron chi connectivity index (χ1n) is 8.22. The number of rotatable bonds is 4. The van der Waals surface area contributed by atoms with Crippen molar-refractivity contribution in [3.63, 3.8) is 0 Å². The lowest BCUT2D eigenvalue weighted by Gasteiger charge is -2.35. The van der Waals surface area contributed by atoms with E-state index in [9.17, 15) is 9.90 Å². The number of hydrogen-bond donors (Lipinski definition) is 3. The summed E-state index contributed by atoms with van der Waals surface area (Å²) in [6.07, 6.45) is 7.78. The van der Waals surface area contributed by atoms with Gasteiger partial charge < -0.3 is 16.2 Å². The molecule has 2 saturated carbocycles. The number of carbonyl (C=O) groups excluding carboxylic acids is 1. The molecular weight excluding hydrogens is 252 g/mol. The fraction of sp³-hybridized carbons (Fsp3) is 0.938. The van der Waals surface area contributed by atoms with Gasteiger partial charge in [0.05, 0.1) is 5.60 Å². The van der Waals surface area contributed by atoms with Crippen molar-refractivity contribution in [2.24, 2.45) is 23.5 Å². The van der Waals surface area contributed by atoms with Crippen LogP contribution in [0, 0.1) is 17.8 Å². The predicted molar refractivity (Wildman–Crippen MR) is 80.1 cm³/mol. The lowest BCUT2D eigenvalue weighted by Crippen LogP contribution is -2.47. The van der Waals surface area contributed by atoms with Crippen LogP contribution >= 0.6 is 0 Å². The zero-order valence-electron chi connectivity index (χ0n) is 12.7. The standard InChI is InChI=1S/C16H30N2O2/c1-12-6-8-16(20,9-7-12)11-18-15(19)14-4-2-13(10-17)3-5-14/h12-14,20H,2-11,17H2,1H3,(H,18,19). The van der Waals surface area contributed by atoms with Crippen molar-refractivity contribution in [3.8, 4) is 0 Å². The number of nitrogens with one attached hydrogen (secondary N) is 1. The summed E-state index contributed by atoms with van der Waals surface area (Å²) in [7, 11) is 0. The lowest BCUT2D eigenvalue weighted by atomic mass is 9.79. The van der Waals surface area contributed by atoms with Gasteiger partial charge in [0, 0.05) is 12.5 Å². The van der Waals surface area contributed by atoms with E-state index >= 15 is 0 Å². The monoisotopic (exact) mass is 282 g/mol. The molecule has 0 aromatic heterocycles. The first-order chi connectivity index (χ1) is 9.52. The third-order valence-corrected chi connectivity index (χ3v) is 5.35. The van der Waals surface area contributed by atoms with E-state index in [1.165, 1.54) is 0 Å². The van der Waals surface area contributed by atoms with Gasteiger partial charge in [0.25, 0.3) is 0 Å². The molecule has 0 heterocycles. The SMILES string of the molecule is CC1CCC(O)(CNC(=O)C2CCC(CN)CC2)CC1. The highest BCUT2D eigenvalue weighted by Crippen LogP contribution is 2.32. The van der Waals surface area contributed by atoms with E-state index < -0.39 is 5.60 Å². The van der Waals surface area contributed by atoms with Gasteiger partial charge in [0.1, 0.15) is 0 Å². The van der Waals surface area contributed by atoms with Crippen LogP contribution in [-0.4, -0.2) is 29.7 Å². The molecule has 0 unspecified atom stereocenters. The Kier molecular flexibility index (Phi) is 5.44. The summed E-state index contributed by atoms with van der Waals surface area (Å²) >= 11 is 0. The molecule has 0 aromatic rings. The largest absolute Gasteiger partial charge is 0.388 e. The van der Waals surface area contributed by atoms with Crippen molar-refractivity contribution < 1.29 is 9.90 Å². The number of amides is 1. The summed E-state index contributed by atoms with van der Waals surface area (Å²) in [5, 5.41) is 13.5. The average Bonchev–Trinajstić information content (AvgIpc) is 2.48. The third-order valence-electron chi connectivity index (χ3n) is 5.35. The van der Waals surface area contributed by atoms with Crippen molar-refractivity contribution in [1.82, 2.24) is 5.32 Å². The summed E-state index contributed by atoms with van der Waals surface area (Å²) < 4.78 is 0. The molecule has 4 N–H and O–H groups in total. The first kappa shape index (κ1) is 15.8. The Balaban J connectivity index is 1.72. The second-order valence-electron chi connectivity index (χ2n) is 7.08. The number of carbonyl (C=O) groups is 1. The minimum Gasteiger partial charge on any atom is -0.388 e. The Hall–Kier alpha value is -0.610. The Morgan fingerprint density at radius 3 is 2.35 bits per heavy atom. The summed E-state index contributed by atoms with van der Waals surface area (Å²) in [5.74, 6) is 1.57. The summed E-state index contributed by atoms with van der Waals surface area (Å²) in [6, 6.07) is 0. The Bertz CT molecular complexity index is 316. The zero-order chi connectivity index (χ0) is 14.6. The van der Waals surface area contributed by atoms with Gasteiger partial charge in [-0.05, 0) is 69.7 Å². The number of hydrogen-bond acceptors (Lipinski definition) is 3. The topological polar surface area (TPSA) is 75.3 Å². The Morgan fingerprint density at radius 1 is 1.20 bits per heavy atom. The summed E-state index contributed by atoms with van der Waals surface area (Å²) in [4.78, 5) is 12.2. The van der Waals surface area contributed by atoms with Crippen LogP contribution < -0.4 is 11.1 Å². The molecule has 4 heteroatoms. The van der Waals surface area contributed by atoms with Crippen LogP contribution in [0.15, 0.2) is 0 Å². The van der Waals surface area contributed by atoms with Crippen LogP contribution in [-0.2, 0) is 4.79 Å². The second-order valence-corrected chi connectivity index (χ2v) is 7.08. The molecule has 4 nitrogen and oxygen atoms in total. The van der Waals surface area contributed by atoms with Crippen LogP contribution in [0.5, 0.6) is 0 Å². The quantitative estimate of drug-likeness (QED) is 0.736. The summed E-state index contributed by atoms with van der Waals surface area (Å²) in [6.45, 7) is 3.40. The molecule has 2 fully saturated rings. The molecule has 0 aromatic carbocycles. The molecule has 2 aliphatic carbocycles. The lowest BCUT2D eigenvalue weighted by molar-refractivity contribution is -0.128. The molecular formula is C16H30N2O2. The highest BCUT2D eigenvalue weighted by atomic mass is 16.3. The van der Waals surface area contributed by atoms with E-state index in [1.807, 2.05) is 0 Å². The van der Waals surface area contributed by atoms with Crippen molar-refractivity contribution in [2.45, 2.75) is 63.9 Å². The third kappa shape index (κ3) is 4.19. The van der Waals surface area contributed by atoms with E-state index in [1.54, 1.807) is 0 Å².